The van der Waals surface area contributed by atoms with Gasteiger partial charge in [-0.3, -0.25) is 0 Å². The van der Waals surface area contributed by atoms with Gasteiger partial charge in [0.05, 0.1) is 11.4 Å². The second-order valence-corrected chi connectivity index (χ2v) is 4.37. The van der Waals surface area contributed by atoms with Gasteiger partial charge in [0.25, 0.3) is 0 Å². The van der Waals surface area contributed by atoms with E-state index in [1.54, 1.807) is 12.1 Å². The molecule has 4 nitrogen and oxygen atoms in total. The molecule has 0 saturated heterocycles. The van der Waals surface area contributed by atoms with Gasteiger partial charge in [0.15, 0.2) is 0 Å². The Labute approximate surface area is 83.2 Å². The first-order valence-corrected chi connectivity index (χ1v) is 5.33. The van der Waals surface area contributed by atoms with Gasteiger partial charge in [0, 0.05) is 5.69 Å². The molecule has 0 aromatic heterocycles. The lowest BCUT2D eigenvalue weighted by Gasteiger charge is -2.03. The number of terminal acetylenes is 1. The molecule has 0 saturated carbocycles. The standard InChI is InChI=1S/C9H10N2O2S/c1-2-6-11-14(12,13)9-5-3-4-8(10)7-9/h1,3-5,7,11H,6,10H2. The summed E-state index contributed by atoms with van der Waals surface area (Å²) in [6.45, 7) is -0.0306. The molecule has 0 heterocycles. The fourth-order valence-corrected chi connectivity index (χ4v) is 1.89. The molecule has 1 rings (SSSR count). The maximum absolute atomic E-state index is 11.5. The first-order valence-electron chi connectivity index (χ1n) is 3.85. The van der Waals surface area contributed by atoms with Crippen molar-refractivity contribution in [3.63, 3.8) is 0 Å². The normalized spacial score (nSPS) is 10.8. The summed E-state index contributed by atoms with van der Waals surface area (Å²) in [5.74, 6) is 2.19. The van der Waals surface area contributed by atoms with E-state index in [4.69, 9.17) is 12.2 Å². The van der Waals surface area contributed by atoms with Crippen LogP contribution < -0.4 is 10.5 Å². The average molecular weight is 210 g/mol. The Morgan fingerprint density at radius 2 is 2.21 bits per heavy atom. The fraction of sp³-hybridized carbons (Fsp3) is 0.111. The Kier molecular flexibility index (Phi) is 3.12. The van der Waals surface area contributed by atoms with Gasteiger partial charge in [-0.05, 0) is 18.2 Å². The lowest BCUT2D eigenvalue weighted by atomic mass is 10.3. The zero-order valence-electron chi connectivity index (χ0n) is 7.40. The molecule has 0 unspecified atom stereocenters. The topological polar surface area (TPSA) is 72.2 Å². The highest BCUT2D eigenvalue weighted by Crippen LogP contribution is 2.11. The van der Waals surface area contributed by atoms with E-state index in [9.17, 15) is 8.42 Å². The van der Waals surface area contributed by atoms with Crippen molar-refractivity contribution < 1.29 is 8.42 Å². The summed E-state index contributed by atoms with van der Waals surface area (Å²) in [6, 6.07) is 6.01. The summed E-state index contributed by atoms with van der Waals surface area (Å²) in [6.07, 6.45) is 4.94. The van der Waals surface area contributed by atoms with E-state index in [2.05, 4.69) is 10.6 Å². The molecule has 0 amide bonds. The van der Waals surface area contributed by atoms with Crippen molar-refractivity contribution in [2.75, 3.05) is 12.3 Å². The van der Waals surface area contributed by atoms with Crippen LogP contribution in [-0.4, -0.2) is 15.0 Å². The average Bonchev–Trinajstić information content (AvgIpc) is 2.15. The number of hydrogen-bond donors (Lipinski definition) is 2. The molecule has 1 aromatic rings. The van der Waals surface area contributed by atoms with Crippen LogP contribution in [0.2, 0.25) is 0 Å². The van der Waals surface area contributed by atoms with Crippen molar-refractivity contribution in [3.05, 3.63) is 24.3 Å². The van der Waals surface area contributed by atoms with Crippen LogP contribution in [0.25, 0.3) is 0 Å². The summed E-state index contributed by atoms with van der Waals surface area (Å²) in [7, 11) is -3.52. The maximum Gasteiger partial charge on any atom is 0.241 e. The number of rotatable bonds is 3. The predicted molar refractivity (Wildman–Crippen MR) is 54.9 cm³/mol. The summed E-state index contributed by atoms with van der Waals surface area (Å²) in [5, 5.41) is 0. The van der Waals surface area contributed by atoms with Gasteiger partial charge in [-0.25, -0.2) is 8.42 Å². The summed E-state index contributed by atoms with van der Waals surface area (Å²) >= 11 is 0. The van der Waals surface area contributed by atoms with Gasteiger partial charge in [-0.2, -0.15) is 4.72 Å². The van der Waals surface area contributed by atoms with Crippen LogP contribution in [0.3, 0.4) is 0 Å². The molecule has 0 aliphatic rings. The van der Waals surface area contributed by atoms with Crippen molar-refractivity contribution in [2.24, 2.45) is 0 Å². The zero-order chi connectivity index (χ0) is 10.6. The number of benzene rings is 1. The molecule has 0 bridgehead atoms. The smallest absolute Gasteiger partial charge is 0.241 e. The minimum absolute atomic E-state index is 0.0306. The van der Waals surface area contributed by atoms with E-state index in [1.165, 1.54) is 12.1 Å². The largest absolute Gasteiger partial charge is 0.399 e. The van der Waals surface area contributed by atoms with Crippen molar-refractivity contribution in [2.45, 2.75) is 4.90 Å². The van der Waals surface area contributed by atoms with E-state index >= 15 is 0 Å². The van der Waals surface area contributed by atoms with Crippen LogP contribution in [0.5, 0.6) is 0 Å². The third-order valence-corrected chi connectivity index (χ3v) is 2.93. The second kappa shape index (κ2) is 4.13. The van der Waals surface area contributed by atoms with Crippen molar-refractivity contribution >= 4 is 15.7 Å². The summed E-state index contributed by atoms with van der Waals surface area (Å²) < 4.78 is 25.2. The Hall–Kier alpha value is -1.51. The Morgan fingerprint density at radius 1 is 1.50 bits per heavy atom. The number of nitrogens with two attached hydrogens (primary N) is 1. The van der Waals surface area contributed by atoms with E-state index in [-0.39, 0.29) is 11.4 Å². The van der Waals surface area contributed by atoms with Crippen LogP contribution in [-0.2, 0) is 10.0 Å². The SMILES string of the molecule is C#CCNS(=O)(=O)c1cccc(N)c1. The molecule has 3 N–H and O–H groups in total. The minimum Gasteiger partial charge on any atom is -0.399 e. The van der Waals surface area contributed by atoms with Crippen molar-refractivity contribution in [1.29, 1.82) is 0 Å². The highest BCUT2D eigenvalue weighted by atomic mass is 32.2. The molecule has 14 heavy (non-hydrogen) atoms. The highest BCUT2D eigenvalue weighted by Gasteiger charge is 2.12. The molecule has 0 aliphatic heterocycles. The first kappa shape index (κ1) is 10.6. The molecule has 74 valence electrons. The first-order chi connectivity index (χ1) is 6.56. The van der Waals surface area contributed by atoms with Gasteiger partial charge in [-0.1, -0.05) is 12.0 Å². The highest BCUT2D eigenvalue weighted by molar-refractivity contribution is 7.89. The van der Waals surface area contributed by atoms with Crippen molar-refractivity contribution in [3.8, 4) is 12.3 Å². The number of nitrogens with one attached hydrogen (secondary N) is 1. The van der Waals surface area contributed by atoms with Gasteiger partial charge in [-0.15, -0.1) is 6.42 Å². The van der Waals surface area contributed by atoms with E-state index < -0.39 is 10.0 Å². The minimum atomic E-state index is -3.52. The Balaban J connectivity index is 3.00. The fourth-order valence-electron chi connectivity index (χ4n) is 0.902. The van der Waals surface area contributed by atoms with E-state index in [0.29, 0.717) is 5.69 Å². The number of sulfonamides is 1. The van der Waals surface area contributed by atoms with Crippen LogP contribution in [0.4, 0.5) is 5.69 Å². The van der Waals surface area contributed by atoms with Gasteiger partial charge in [0.1, 0.15) is 0 Å². The number of hydrogen-bond acceptors (Lipinski definition) is 3. The molecule has 0 aliphatic carbocycles. The molecule has 0 atom stereocenters. The lowest BCUT2D eigenvalue weighted by Crippen LogP contribution is -2.23. The quantitative estimate of drug-likeness (QED) is 0.552. The molecule has 1 aromatic carbocycles. The molecule has 0 fully saturated rings. The van der Waals surface area contributed by atoms with Gasteiger partial charge < -0.3 is 5.73 Å². The van der Waals surface area contributed by atoms with Crippen LogP contribution in [0.1, 0.15) is 0 Å². The Morgan fingerprint density at radius 3 is 2.79 bits per heavy atom. The molecular formula is C9H10N2O2S. The van der Waals surface area contributed by atoms with Gasteiger partial charge in [0.2, 0.25) is 10.0 Å². The lowest BCUT2D eigenvalue weighted by molar-refractivity contribution is 0.586. The van der Waals surface area contributed by atoms with Gasteiger partial charge >= 0.3 is 0 Å². The molecule has 0 spiro atoms. The van der Waals surface area contributed by atoms with Crippen LogP contribution >= 0.6 is 0 Å². The summed E-state index contributed by atoms with van der Waals surface area (Å²) in [4.78, 5) is 0.118. The second-order valence-electron chi connectivity index (χ2n) is 2.60. The molecular weight excluding hydrogens is 200 g/mol. The maximum atomic E-state index is 11.5. The molecule has 5 heteroatoms. The third-order valence-electron chi connectivity index (χ3n) is 1.53. The predicted octanol–water partition coefficient (Wildman–Crippen LogP) is 0.180. The summed E-state index contributed by atoms with van der Waals surface area (Å²) in [5.41, 5.74) is 5.85. The van der Waals surface area contributed by atoms with E-state index in [1.807, 2.05) is 0 Å². The van der Waals surface area contributed by atoms with E-state index in [0.717, 1.165) is 0 Å². The van der Waals surface area contributed by atoms with Crippen molar-refractivity contribution in [1.82, 2.24) is 4.72 Å². The van der Waals surface area contributed by atoms with Crippen LogP contribution in [0.15, 0.2) is 29.2 Å². The molecule has 0 radical (unpaired) electrons. The monoisotopic (exact) mass is 210 g/mol. The number of nitrogen functional groups attached to an aromatic ring is 1. The number of anilines is 1. The van der Waals surface area contributed by atoms with Crippen LogP contribution in [0, 0.1) is 12.3 Å². The Bertz CT molecular complexity index is 460. The zero-order valence-corrected chi connectivity index (χ0v) is 8.21. The third kappa shape index (κ3) is 2.49.